The molecular formula is C24H50BrN3. The molecule has 0 spiro atoms. The summed E-state index contributed by atoms with van der Waals surface area (Å²) in [5.74, 6) is 0.984. The van der Waals surface area contributed by atoms with Gasteiger partial charge in [0.2, 0.25) is 0 Å². The summed E-state index contributed by atoms with van der Waals surface area (Å²) in [5.41, 5.74) is 1.12. The van der Waals surface area contributed by atoms with Crippen molar-refractivity contribution in [2.75, 3.05) is 27.7 Å². The van der Waals surface area contributed by atoms with Crippen LogP contribution >= 0.6 is 0 Å². The van der Waals surface area contributed by atoms with Gasteiger partial charge in [-0.3, -0.25) is 0 Å². The van der Waals surface area contributed by atoms with E-state index in [4.69, 9.17) is 0 Å². The number of aryl methyl sites for hydroxylation is 2. The Hall–Kier alpha value is -0.350. The van der Waals surface area contributed by atoms with Crippen molar-refractivity contribution in [2.45, 2.75) is 111 Å². The molecule has 1 aromatic rings. The van der Waals surface area contributed by atoms with Crippen LogP contribution in [0.1, 0.15) is 108 Å². The number of halogens is 1. The van der Waals surface area contributed by atoms with E-state index in [1.807, 2.05) is 20.0 Å². The van der Waals surface area contributed by atoms with Crippen LogP contribution in [-0.4, -0.2) is 42.1 Å². The summed E-state index contributed by atoms with van der Waals surface area (Å²) >= 11 is 0. The molecule has 168 valence electrons. The van der Waals surface area contributed by atoms with Crippen LogP contribution < -0.4 is 17.0 Å². The van der Waals surface area contributed by atoms with Crippen LogP contribution in [0.2, 0.25) is 0 Å². The number of hydrogen-bond acceptors (Lipinski definition) is 1. The summed E-state index contributed by atoms with van der Waals surface area (Å²) in [7, 11) is 6.88. The van der Waals surface area contributed by atoms with Crippen LogP contribution in [0, 0.1) is 13.8 Å². The second-order valence-corrected chi connectivity index (χ2v) is 9.26. The first-order chi connectivity index (χ1) is 12.8. The summed E-state index contributed by atoms with van der Waals surface area (Å²) in [6.45, 7) is 7.55. The van der Waals surface area contributed by atoms with Crippen LogP contribution in [-0.2, 0) is 0 Å². The molecule has 1 rings (SSSR count). The Kier molecular flexibility index (Phi) is 21.3. The SMILES string of the molecule is CCCCCCCCCCCCCCCC[N+](C)(C)C.Cc1cnc(C)[nH]1.[Br-]. The third-order valence-electron chi connectivity index (χ3n) is 5.01. The van der Waals surface area contributed by atoms with Crippen molar-refractivity contribution in [3.63, 3.8) is 0 Å². The van der Waals surface area contributed by atoms with Crippen molar-refractivity contribution in [3.05, 3.63) is 17.7 Å². The Morgan fingerprint density at radius 1 is 0.714 bits per heavy atom. The van der Waals surface area contributed by atoms with Gasteiger partial charge in [0, 0.05) is 11.9 Å². The van der Waals surface area contributed by atoms with Gasteiger partial charge in [0.05, 0.1) is 27.7 Å². The first-order valence-electron chi connectivity index (χ1n) is 11.6. The Morgan fingerprint density at radius 2 is 1.11 bits per heavy atom. The lowest BCUT2D eigenvalue weighted by molar-refractivity contribution is -0.870. The van der Waals surface area contributed by atoms with E-state index >= 15 is 0 Å². The topological polar surface area (TPSA) is 28.7 Å². The predicted molar refractivity (Wildman–Crippen MR) is 121 cm³/mol. The largest absolute Gasteiger partial charge is 1.00 e. The minimum absolute atomic E-state index is 0. The lowest BCUT2D eigenvalue weighted by atomic mass is 10.0. The molecule has 0 saturated heterocycles. The first kappa shape index (κ1) is 29.8. The van der Waals surface area contributed by atoms with E-state index in [-0.39, 0.29) is 17.0 Å². The second kappa shape index (κ2) is 19.9. The average Bonchev–Trinajstić information content (AvgIpc) is 2.98. The molecule has 1 heterocycles. The number of unbranched alkanes of at least 4 members (excludes halogenated alkanes) is 13. The first-order valence-corrected chi connectivity index (χ1v) is 11.6. The highest BCUT2D eigenvalue weighted by Crippen LogP contribution is 2.13. The normalized spacial score (nSPS) is 10.9. The zero-order valence-electron chi connectivity index (χ0n) is 20.0. The molecule has 4 heteroatoms. The van der Waals surface area contributed by atoms with Crippen LogP contribution in [0.4, 0.5) is 0 Å². The molecule has 28 heavy (non-hydrogen) atoms. The number of aromatic nitrogens is 2. The van der Waals surface area contributed by atoms with Gasteiger partial charge in [0.15, 0.2) is 0 Å². The molecule has 0 atom stereocenters. The standard InChI is InChI=1S/C19H42N.C5H8N2.BrH/c1-5-6-7-8-9-10-11-12-13-14-15-16-17-18-19-20(2,3)4;1-4-3-6-5(2)7-4;/h5-19H2,1-4H3;3H,1-2H3,(H,6,7);1H/q+1;;/p-1. The number of nitrogens with one attached hydrogen (secondary N) is 1. The van der Waals surface area contributed by atoms with E-state index < -0.39 is 0 Å². The zero-order chi connectivity index (χ0) is 20.4. The van der Waals surface area contributed by atoms with E-state index in [9.17, 15) is 0 Å². The molecule has 0 fully saturated rings. The highest BCUT2D eigenvalue weighted by molar-refractivity contribution is 4.95. The third kappa shape index (κ3) is 23.7. The highest BCUT2D eigenvalue weighted by Gasteiger charge is 2.04. The maximum Gasteiger partial charge on any atom is 0.103 e. The predicted octanol–water partition coefficient (Wildman–Crippen LogP) is 4.20. The summed E-state index contributed by atoms with van der Waals surface area (Å²) in [5, 5.41) is 0. The third-order valence-corrected chi connectivity index (χ3v) is 5.01. The van der Waals surface area contributed by atoms with Gasteiger partial charge in [-0.05, 0) is 26.7 Å². The molecule has 0 radical (unpaired) electrons. The number of rotatable bonds is 15. The lowest BCUT2D eigenvalue weighted by Gasteiger charge is -2.23. The molecular weight excluding hydrogens is 410 g/mol. The molecule has 0 amide bonds. The number of aromatic amines is 1. The maximum absolute atomic E-state index is 3.96. The number of imidazole rings is 1. The van der Waals surface area contributed by atoms with Crippen molar-refractivity contribution in [1.82, 2.24) is 9.97 Å². The van der Waals surface area contributed by atoms with E-state index in [2.05, 4.69) is 38.0 Å². The zero-order valence-corrected chi connectivity index (χ0v) is 21.5. The van der Waals surface area contributed by atoms with Gasteiger partial charge < -0.3 is 26.4 Å². The number of hydrogen-bond donors (Lipinski definition) is 1. The van der Waals surface area contributed by atoms with Crippen LogP contribution in [0.15, 0.2) is 6.20 Å². The Morgan fingerprint density at radius 3 is 1.36 bits per heavy atom. The molecule has 0 aliphatic rings. The number of quaternary nitrogens is 1. The average molecular weight is 461 g/mol. The fourth-order valence-corrected chi connectivity index (χ4v) is 3.32. The van der Waals surface area contributed by atoms with Gasteiger partial charge in [0.25, 0.3) is 0 Å². The lowest BCUT2D eigenvalue weighted by Crippen LogP contribution is -3.00. The molecule has 0 aliphatic carbocycles. The Bertz CT molecular complexity index is 407. The van der Waals surface area contributed by atoms with E-state index in [0.717, 1.165) is 16.0 Å². The number of H-pyrrole nitrogens is 1. The van der Waals surface area contributed by atoms with E-state index in [0.29, 0.717) is 0 Å². The van der Waals surface area contributed by atoms with E-state index in [1.165, 1.54) is 96.4 Å². The molecule has 1 aromatic heterocycles. The van der Waals surface area contributed by atoms with Gasteiger partial charge in [-0.25, -0.2) is 4.98 Å². The quantitative estimate of drug-likeness (QED) is 0.308. The van der Waals surface area contributed by atoms with Gasteiger partial charge in [0.1, 0.15) is 5.82 Å². The van der Waals surface area contributed by atoms with Crippen LogP contribution in [0.5, 0.6) is 0 Å². The summed E-state index contributed by atoms with van der Waals surface area (Å²) in [6, 6.07) is 0. The Balaban J connectivity index is 0. The monoisotopic (exact) mass is 459 g/mol. The maximum atomic E-state index is 3.96. The van der Waals surface area contributed by atoms with Gasteiger partial charge >= 0.3 is 0 Å². The minimum Gasteiger partial charge on any atom is -1.00 e. The molecule has 0 unspecified atom stereocenters. The molecule has 1 N–H and O–H groups in total. The molecule has 0 bridgehead atoms. The minimum atomic E-state index is 0. The highest BCUT2D eigenvalue weighted by atomic mass is 79.9. The number of nitrogens with zero attached hydrogens (tertiary/aromatic N) is 2. The van der Waals surface area contributed by atoms with Gasteiger partial charge in [-0.1, -0.05) is 84.0 Å². The summed E-state index contributed by atoms with van der Waals surface area (Å²) in [4.78, 5) is 6.99. The van der Waals surface area contributed by atoms with Crippen molar-refractivity contribution in [2.24, 2.45) is 0 Å². The smallest absolute Gasteiger partial charge is 0.103 e. The summed E-state index contributed by atoms with van der Waals surface area (Å²) < 4.78 is 1.12. The molecule has 3 nitrogen and oxygen atoms in total. The summed E-state index contributed by atoms with van der Waals surface area (Å²) in [6.07, 6.45) is 22.2. The van der Waals surface area contributed by atoms with Gasteiger partial charge in [-0.15, -0.1) is 0 Å². The van der Waals surface area contributed by atoms with Crippen molar-refractivity contribution in [3.8, 4) is 0 Å². The molecule has 0 aromatic carbocycles. The van der Waals surface area contributed by atoms with Crippen LogP contribution in [0.25, 0.3) is 0 Å². The van der Waals surface area contributed by atoms with Crippen LogP contribution in [0.3, 0.4) is 0 Å². The van der Waals surface area contributed by atoms with Crippen molar-refractivity contribution in [1.29, 1.82) is 0 Å². The van der Waals surface area contributed by atoms with Crippen molar-refractivity contribution < 1.29 is 21.5 Å². The fourth-order valence-electron chi connectivity index (χ4n) is 3.32. The fraction of sp³-hybridized carbons (Fsp3) is 0.875. The second-order valence-electron chi connectivity index (χ2n) is 9.26. The van der Waals surface area contributed by atoms with Crippen molar-refractivity contribution >= 4 is 0 Å². The molecule has 0 aliphatic heterocycles. The van der Waals surface area contributed by atoms with E-state index in [1.54, 1.807) is 0 Å². The molecule has 0 saturated carbocycles. The Labute approximate surface area is 187 Å². The van der Waals surface area contributed by atoms with Gasteiger partial charge in [-0.2, -0.15) is 0 Å².